The molecule has 9 aromatic rings. The first kappa shape index (κ1) is 28.6. The second-order valence-corrected chi connectivity index (χ2v) is 15.4. The van der Waals surface area contributed by atoms with Crippen LogP contribution >= 0.6 is 34.0 Å². The predicted octanol–water partition coefficient (Wildman–Crippen LogP) is 11.9. The molecule has 47 heavy (non-hydrogen) atoms. The molecule has 0 spiro atoms. The lowest BCUT2D eigenvalue weighted by molar-refractivity contribution is 0.564. The maximum absolute atomic E-state index is 13.3. The molecule has 7 heteroatoms. The maximum atomic E-state index is 13.3. The van der Waals surface area contributed by atoms with Gasteiger partial charge in [0.05, 0.1) is 20.5 Å². The summed E-state index contributed by atoms with van der Waals surface area (Å²) < 4.78 is 16.2. The molecule has 0 N–H and O–H groups in total. The van der Waals surface area contributed by atoms with E-state index in [1.165, 1.54) is 11.1 Å². The molecule has 0 atom stereocenters. The Morgan fingerprint density at radius 2 is 0.979 bits per heavy atom. The average molecular weight is 669 g/mol. The number of hydrogen-bond donors (Lipinski definition) is 0. The van der Waals surface area contributed by atoms with Crippen LogP contribution in [0.3, 0.4) is 0 Å². The molecule has 4 nitrogen and oxygen atoms in total. The van der Waals surface area contributed by atoms with Gasteiger partial charge in [-0.25, -0.2) is 9.59 Å². The van der Waals surface area contributed by atoms with E-state index < -0.39 is 0 Å². The molecule has 4 aromatic carbocycles. The Morgan fingerprint density at radius 1 is 0.511 bits per heavy atom. The molecule has 0 amide bonds. The summed E-state index contributed by atoms with van der Waals surface area (Å²) in [6.07, 6.45) is 4.27. The molecular weight excluding hydrogens is 641 g/mol. The lowest BCUT2D eigenvalue weighted by atomic mass is 10.0. The van der Waals surface area contributed by atoms with Crippen molar-refractivity contribution >= 4 is 96.3 Å². The molecular formula is C40H28O4S3. The van der Waals surface area contributed by atoms with Crippen molar-refractivity contribution in [3.63, 3.8) is 0 Å². The molecule has 9 rings (SSSR count). The van der Waals surface area contributed by atoms with Crippen molar-refractivity contribution in [2.24, 2.45) is 0 Å². The number of rotatable bonds is 6. The zero-order valence-corrected chi connectivity index (χ0v) is 28.2. The van der Waals surface area contributed by atoms with E-state index in [4.69, 9.17) is 8.83 Å². The van der Waals surface area contributed by atoms with Crippen molar-refractivity contribution in [3.8, 4) is 20.9 Å². The lowest BCUT2D eigenvalue weighted by Crippen LogP contribution is -2.01. The maximum Gasteiger partial charge on any atom is 0.345 e. The highest BCUT2D eigenvalue weighted by molar-refractivity contribution is 7.40. The number of hydrogen-bond acceptors (Lipinski definition) is 7. The van der Waals surface area contributed by atoms with Gasteiger partial charge in [-0.1, -0.05) is 75.2 Å². The lowest BCUT2D eigenvalue weighted by Gasteiger charge is -2.07. The van der Waals surface area contributed by atoms with Gasteiger partial charge in [0.25, 0.3) is 0 Å². The Hall–Kier alpha value is -4.56. The quantitative estimate of drug-likeness (QED) is 0.131. The first-order valence-corrected chi connectivity index (χ1v) is 18.4. The van der Waals surface area contributed by atoms with Crippen LogP contribution in [0.4, 0.5) is 0 Å². The molecule has 0 aliphatic rings. The standard InChI is InChI=1S/C40H28O4S3/c1-3-5-21-7-11-25-23(15-21)9-13-31-27(25)17-29(39(41)43-31)33-19-35-37(46-33)38-36(45-35)20-34(47-38)30-18-28-26-12-8-22(6-4-2)16-24(26)10-14-32(28)44-40(30)42/h7-20H,3-6H2,1-2H3. The fourth-order valence-corrected chi connectivity index (χ4v) is 10.8. The fourth-order valence-electron chi connectivity index (χ4n) is 6.79. The minimum Gasteiger partial charge on any atom is -0.422 e. The van der Waals surface area contributed by atoms with E-state index in [1.54, 1.807) is 34.0 Å². The van der Waals surface area contributed by atoms with E-state index in [2.05, 4.69) is 62.4 Å². The highest BCUT2D eigenvalue weighted by Gasteiger charge is 2.20. The van der Waals surface area contributed by atoms with Gasteiger partial charge in [0.2, 0.25) is 0 Å². The molecule has 230 valence electrons. The summed E-state index contributed by atoms with van der Waals surface area (Å²) in [6, 6.07) is 29.2. The van der Waals surface area contributed by atoms with Gasteiger partial charge < -0.3 is 8.83 Å². The minimum atomic E-state index is -0.334. The van der Waals surface area contributed by atoms with E-state index in [-0.39, 0.29) is 11.3 Å². The van der Waals surface area contributed by atoms with Gasteiger partial charge in [-0.2, -0.15) is 0 Å². The van der Waals surface area contributed by atoms with Crippen molar-refractivity contribution in [1.29, 1.82) is 0 Å². The van der Waals surface area contributed by atoms with E-state index in [1.807, 2.05) is 36.4 Å². The van der Waals surface area contributed by atoms with E-state index >= 15 is 0 Å². The summed E-state index contributed by atoms with van der Waals surface area (Å²) >= 11 is 4.90. The number of thiophene rings is 3. The van der Waals surface area contributed by atoms with Gasteiger partial charge in [0.15, 0.2) is 0 Å². The zero-order valence-electron chi connectivity index (χ0n) is 25.8. The van der Waals surface area contributed by atoms with Crippen molar-refractivity contribution in [2.45, 2.75) is 39.5 Å². The van der Waals surface area contributed by atoms with Gasteiger partial charge >= 0.3 is 11.3 Å². The molecule has 0 saturated carbocycles. The smallest absolute Gasteiger partial charge is 0.345 e. The SMILES string of the molecule is CCCc1ccc2c(ccc3oc(=O)c(-c4cc5sc6cc(-c7cc8c(ccc9cc(CCC)ccc98)oc7=O)sc6c5s4)cc32)c1. The predicted molar refractivity (Wildman–Crippen MR) is 201 cm³/mol. The van der Waals surface area contributed by atoms with Crippen LogP contribution in [0, 0.1) is 0 Å². The van der Waals surface area contributed by atoms with Crippen LogP contribution in [0.1, 0.15) is 37.8 Å². The van der Waals surface area contributed by atoms with Gasteiger partial charge in [-0.05, 0) is 81.9 Å². The largest absolute Gasteiger partial charge is 0.422 e. The van der Waals surface area contributed by atoms with Crippen molar-refractivity contribution in [1.82, 2.24) is 0 Å². The van der Waals surface area contributed by atoms with Gasteiger partial charge in [-0.3, -0.25) is 0 Å². The second kappa shape index (κ2) is 11.0. The summed E-state index contributed by atoms with van der Waals surface area (Å²) in [5, 5.41) is 6.35. The van der Waals surface area contributed by atoms with Crippen molar-refractivity contribution in [2.75, 3.05) is 0 Å². The Balaban J connectivity index is 1.15. The third kappa shape index (κ3) is 4.67. The molecule has 0 aliphatic carbocycles. The van der Waals surface area contributed by atoms with E-state index in [9.17, 15) is 9.59 Å². The Morgan fingerprint density at radius 3 is 1.43 bits per heavy atom. The van der Waals surface area contributed by atoms with E-state index in [0.717, 1.165) is 86.6 Å². The number of benzene rings is 4. The molecule has 5 heterocycles. The van der Waals surface area contributed by atoms with Crippen LogP contribution in [-0.4, -0.2) is 0 Å². The third-order valence-corrected chi connectivity index (χ3v) is 12.9. The first-order valence-electron chi connectivity index (χ1n) is 15.9. The van der Waals surface area contributed by atoms with E-state index in [0.29, 0.717) is 22.3 Å². The van der Waals surface area contributed by atoms with Crippen LogP contribution in [0.25, 0.3) is 83.2 Å². The zero-order chi connectivity index (χ0) is 31.8. The van der Waals surface area contributed by atoms with Gasteiger partial charge in [0.1, 0.15) is 11.2 Å². The van der Waals surface area contributed by atoms with Crippen LogP contribution in [0.5, 0.6) is 0 Å². The Kier molecular flexibility index (Phi) is 6.71. The molecule has 0 bridgehead atoms. The topological polar surface area (TPSA) is 60.4 Å². The minimum absolute atomic E-state index is 0.334. The summed E-state index contributed by atoms with van der Waals surface area (Å²) in [5.41, 5.74) is 4.30. The Labute approximate surface area is 281 Å². The van der Waals surface area contributed by atoms with Crippen LogP contribution in [-0.2, 0) is 12.8 Å². The molecule has 5 aromatic heterocycles. The summed E-state index contributed by atoms with van der Waals surface area (Å²) in [6.45, 7) is 4.37. The van der Waals surface area contributed by atoms with Gasteiger partial charge in [-0.15, -0.1) is 34.0 Å². The Bertz CT molecular complexity index is 2630. The highest BCUT2D eigenvalue weighted by atomic mass is 32.1. The van der Waals surface area contributed by atoms with Crippen molar-refractivity contribution < 1.29 is 8.83 Å². The first-order chi connectivity index (χ1) is 23.0. The second-order valence-electron chi connectivity index (χ2n) is 12.2. The van der Waals surface area contributed by atoms with Crippen molar-refractivity contribution in [3.05, 3.63) is 117 Å². The summed E-state index contributed by atoms with van der Waals surface area (Å²) in [4.78, 5) is 28.3. The normalized spacial score (nSPS) is 12.1. The molecule has 0 saturated heterocycles. The number of aryl methyl sites for hydroxylation is 2. The summed E-state index contributed by atoms with van der Waals surface area (Å²) in [5.74, 6) is 0. The molecule has 0 radical (unpaired) electrons. The molecule has 0 unspecified atom stereocenters. The highest BCUT2D eigenvalue weighted by Crippen LogP contribution is 2.48. The van der Waals surface area contributed by atoms with Gasteiger partial charge in [0, 0.05) is 29.9 Å². The monoisotopic (exact) mass is 668 g/mol. The summed E-state index contributed by atoms with van der Waals surface area (Å²) in [7, 11) is 0. The average Bonchev–Trinajstić information content (AvgIpc) is 3.75. The fraction of sp³-hybridized carbons (Fsp3) is 0.150. The number of fused-ring (bicyclic) bond motifs is 9. The molecule has 0 aliphatic heterocycles. The van der Waals surface area contributed by atoms with Crippen LogP contribution in [0.15, 0.2) is 103 Å². The van der Waals surface area contributed by atoms with Crippen LogP contribution < -0.4 is 11.3 Å². The van der Waals surface area contributed by atoms with Crippen LogP contribution in [0.2, 0.25) is 0 Å². The third-order valence-electron chi connectivity index (χ3n) is 9.02. The molecule has 0 fully saturated rings.